The topological polar surface area (TPSA) is 37.4 Å². The van der Waals surface area contributed by atoms with Crippen LogP contribution in [-0.4, -0.2) is 24.1 Å². The fourth-order valence-corrected chi connectivity index (χ4v) is 0.422. The van der Waals surface area contributed by atoms with Crippen molar-refractivity contribution in [3.63, 3.8) is 0 Å². The largest absolute Gasteiger partial charge is 0.303 e. The number of rotatable bonds is 3. The summed E-state index contributed by atoms with van der Waals surface area (Å²) in [4.78, 5) is 21.7. The summed E-state index contributed by atoms with van der Waals surface area (Å²) in [6.07, 6.45) is 6.05. The highest BCUT2D eigenvalue weighted by molar-refractivity contribution is 5.79. The molecule has 0 rings (SSSR count). The molecule has 0 aromatic carbocycles. The van der Waals surface area contributed by atoms with Crippen molar-refractivity contribution in [2.24, 2.45) is 0 Å². The van der Waals surface area contributed by atoms with Gasteiger partial charge in [-0.2, -0.15) is 0 Å². The van der Waals surface area contributed by atoms with Gasteiger partial charge in [-0.1, -0.05) is 6.42 Å². The molecular formula is C7H9NO2. The van der Waals surface area contributed by atoms with Crippen molar-refractivity contribution < 1.29 is 9.59 Å². The first-order valence-electron chi connectivity index (χ1n) is 2.88. The molecule has 54 valence electrons. The molecule has 0 aliphatic heterocycles. The van der Waals surface area contributed by atoms with Crippen LogP contribution < -0.4 is 0 Å². The summed E-state index contributed by atoms with van der Waals surface area (Å²) < 4.78 is 0. The first-order valence-corrected chi connectivity index (χ1v) is 2.88. The Morgan fingerprint density at radius 1 is 1.80 bits per heavy atom. The van der Waals surface area contributed by atoms with Gasteiger partial charge in [-0.05, 0) is 0 Å². The van der Waals surface area contributed by atoms with E-state index in [1.54, 1.807) is 0 Å². The second kappa shape index (κ2) is 4.57. The molecule has 0 aliphatic carbocycles. The van der Waals surface area contributed by atoms with Gasteiger partial charge >= 0.3 is 0 Å². The van der Waals surface area contributed by atoms with Gasteiger partial charge in [0.1, 0.15) is 6.29 Å². The van der Waals surface area contributed by atoms with Crippen molar-refractivity contribution in [3.05, 3.63) is 0 Å². The van der Waals surface area contributed by atoms with Gasteiger partial charge in [0.2, 0.25) is 5.91 Å². The quantitative estimate of drug-likeness (QED) is 0.314. The van der Waals surface area contributed by atoms with Gasteiger partial charge in [0.05, 0.1) is 0 Å². The maximum Gasteiger partial charge on any atom is 0.234 e. The third-order valence-electron chi connectivity index (χ3n) is 1.04. The Kier molecular flexibility index (Phi) is 3.97. The minimum atomic E-state index is -0.199. The van der Waals surface area contributed by atoms with Crippen LogP contribution in [0.1, 0.15) is 12.8 Å². The first kappa shape index (κ1) is 8.70. The van der Waals surface area contributed by atoms with Gasteiger partial charge in [-0.25, -0.2) is 0 Å². The third-order valence-corrected chi connectivity index (χ3v) is 1.04. The molecule has 0 aromatic rings. The summed E-state index contributed by atoms with van der Waals surface area (Å²) in [6.45, 7) is 0. The lowest BCUT2D eigenvalue weighted by atomic mass is 10.3. The van der Waals surface area contributed by atoms with E-state index in [-0.39, 0.29) is 18.7 Å². The molecule has 0 aromatic heterocycles. The maximum atomic E-state index is 10.8. The van der Waals surface area contributed by atoms with Crippen LogP contribution in [0, 0.1) is 12.5 Å². The minimum absolute atomic E-state index is 0.199. The maximum absolute atomic E-state index is 10.8. The van der Waals surface area contributed by atoms with E-state index >= 15 is 0 Å². The monoisotopic (exact) mass is 139 g/mol. The molecule has 0 bridgehead atoms. The molecule has 0 saturated heterocycles. The average Bonchev–Trinajstić information content (AvgIpc) is 1.98. The Balaban J connectivity index is 3.64. The normalized spacial score (nSPS) is 8.00. The highest BCUT2D eigenvalue weighted by Crippen LogP contribution is 1.90. The van der Waals surface area contributed by atoms with E-state index in [1.165, 1.54) is 7.05 Å². The second-order valence-electron chi connectivity index (χ2n) is 1.79. The van der Waals surface area contributed by atoms with Crippen molar-refractivity contribution in [3.8, 4) is 12.5 Å². The van der Waals surface area contributed by atoms with E-state index in [0.29, 0.717) is 6.29 Å². The van der Waals surface area contributed by atoms with Crippen molar-refractivity contribution >= 4 is 12.2 Å². The SMILES string of the molecule is C#CN(C)C(=O)CCC=O. The van der Waals surface area contributed by atoms with E-state index in [2.05, 4.69) is 6.04 Å². The molecule has 0 aliphatic rings. The van der Waals surface area contributed by atoms with Crippen LogP contribution in [0.2, 0.25) is 0 Å². The number of nitrogens with zero attached hydrogens (tertiary/aromatic N) is 1. The van der Waals surface area contributed by atoms with Crippen LogP contribution in [0.5, 0.6) is 0 Å². The van der Waals surface area contributed by atoms with E-state index < -0.39 is 0 Å². The molecule has 3 nitrogen and oxygen atoms in total. The predicted octanol–water partition coefficient (Wildman–Crippen LogP) is 0.0146. The van der Waals surface area contributed by atoms with Crippen LogP contribution in [0.3, 0.4) is 0 Å². The van der Waals surface area contributed by atoms with E-state index in [9.17, 15) is 9.59 Å². The molecule has 0 unspecified atom stereocenters. The van der Waals surface area contributed by atoms with Crippen molar-refractivity contribution in [2.75, 3.05) is 7.05 Å². The number of carbonyl (C=O) groups is 2. The Morgan fingerprint density at radius 3 is 2.80 bits per heavy atom. The van der Waals surface area contributed by atoms with Crippen LogP contribution in [0.4, 0.5) is 0 Å². The van der Waals surface area contributed by atoms with Gasteiger partial charge in [-0.3, -0.25) is 9.69 Å². The molecular weight excluding hydrogens is 130 g/mol. The average molecular weight is 139 g/mol. The molecule has 10 heavy (non-hydrogen) atoms. The Hall–Kier alpha value is -1.30. The summed E-state index contributed by atoms with van der Waals surface area (Å²) >= 11 is 0. The Morgan fingerprint density at radius 2 is 2.40 bits per heavy atom. The van der Waals surface area contributed by atoms with Gasteiger partial charge in [0, 0.05) is 25.9 Å². The van der Waals surface area contributed by atoms with Crippen molar-refractivity contribution in [2.45, 2.75) is 12.8 Å². The predicted molar refractivity (Wildman–Crippen MR) is 36.9 cm³/mol. The van der Waals surface area contributed by atoms with E-state index in [0.717, 1.165) is 4.90 Å². The van der Waals surface area contributed by atoms with E-state index in [4.69, 9.17) is 6.42 Å². The number of hydrogen-bond donors (Lipinski definition) is 0. The van der Waals surface area contributed by atoms with E-state index in [1.807, 2.05) is 0 Å². The molecule has 0 saturated carbocycles. The number of carbonyl (C=O) groups excluding carboxylic acids is 2. The molecule has 0 spiro atoms. The first-order chi connectivity index (χ1) is 4.72. The van der Waals surface area contributed by atoms with Crippen molar-refractivity contribution in [1.29, 1.82) is 0 Å². The van der Waals surface area contributed by atoms with Gasteiger partial charge < -0.3 is 4.79 Å². The van der Waals surface area contributed by atoms with Gasteiger partial charge in [0.25, 0.3) is 0 Å². The molecule has 0 fully saturated rings. The Labute approximate surface area is 60.0 Å². The number of amides is 1. The smallest absolute Gasteiger partial charge is 0.234 e. The lowest BCUT2D eigenvalue weighted by Gasteiger charge is -2.05. The fraction of sp³-hybridized carbons (Fsp3) is 0.429. The molecule has 0 atom stereocenters. The number of terminal acetylenes is 1. The number of hydrogen-bond acceptors (Lipinski definition) is 2. The standard InChI is InChI=1S/C7H9NO2/c1-3-8(2)7(10)5-4-6-9/h1,6H,4-5H2,2H3. The molecule has 1 amide bonds. The molecule has 0 radical (unpaired) electrons. The highest BCUT2D eigenvalue weighted by atomic mass is 16.2. The summed E-state index contributed by atoms with van der Waals surface area (Å²) in [5, 5.41) is 0. The lowest BCUT2D eigenvalue weighted by molar-refractivity contribution is -0.128. The highest BCUT2D eigenvalue weighted by Gasteiger charge is 2.03. The van der Waals surface area contributed by atoms with Gasteiger partial charge in [-0.15, -0.1) is 0 Å². The van der Waals surface area contributed by atoms with Crippen LogP contribution in [0.15, 0.2) is 0 Å². The fourth-order valence-electron chi connectivity index (χ4n) is 0.422. The zero-order valence-corrected chi connectivity index (χ0v) is 5.83. The lowest BCUT2D eigenvalue weighted by Crippen LogP contribution is -2.20. The molecule has 3 heteroatoms. The molecule has 0 heterocycles. The third kappa shape index (κ3) is 2.88. The summed E-state index contributed by atoms with van der Waals surface area (Å²) in [5.41, 5.74) is 0. The molecule has 0 N–H and O–H groups in total. The summed E-state index contributed by atoms with van der Waals surface area (Å²) in [6, 6.07) is 2.14. The summed E-state index contributed by atoms with van der Waals surface area (Å²) in [5.74, 6) is -0.199. The van der Waals surface area contributed by atoms with Gasteiger partial charge in [0.15, 0.2) is 0 Å². The van der Waals surface area contributed by atoms with Crippen molar-refractivity contribution in [1.82, 2.24) is 4.90 Å². The van der Waals surface area contributed by atoms with Crippen LogP contribution in [-0.2, 0) is 9.59 Å². The summed E-state index contributed by atoms with van der Waals surface area (Å²) in [7, 11) is 1.49. The zero-order valence-electron chi connectivity index (χ0n) is 5.83. The van der Waals surface area contributed by atoms with Crippen LogP contribution >= 0.6 is 0 Å². The number of aldehydes is 1. The second-order valence-corrected chi connectivity index (χ2v) is 1.79. The minimum Gasteiger partial charge on any atom is -0.303 e. The van der Waals surface area contributed by atoms with Crippen LogP contribution in [0.25, 0.3) is 0 Å². The zero-order chi connectivity index (χ0) is 7.98. The Bertz CT molecular complexity index is 169.